The van der Waals surface area contributed by atoms with Gasteiger partial charge in [-0.15, -0.1) is 0 Å². The number of hydrogen-bond donors (Lipinski definition) is 1. The van der Waals surface area contributed by atoms with Crippen LogP contribution in [0.3, 0.4) is 0 Å². The minimum Gasteiger partial charge on any atom is -0.493 e. The van der Waals surface area contributed by atoms with Gasteiger partial charge in [-0.3, -0.25) is 4.84 Å². The molecule has 0 aromatic heterocycles. The fourth-order valence-electron chi connectivity index (χ4n) is 1.87. The van der Waals surface area contributed by atoms with Gasteiger partial charge in [0.1, 0.15) is 0 Å². The van der Waals surface area contributed by atoms with Crippen LogP contribution in [0.15, 0.2) is 6.07 Å². The Morgan fingerprint density at radius 3 is 2.35 bits per heavy atom. The molecule has 0 aliphatic carbocycles. The fourth-order valence-corrected chi connectivity index (χ4v) is 2.12. The molecule has 0 aliphatic rings. The van der Waals surface area contributed by atoms with E-state index < -0.39 is 0 Å². The highest BCUT2D eigenvalue weighted by atomic mass is 35.5. The monoisotopic (exact) mass is 259 g/mol. The molecule has 0 aliphatic heterocycles. The van der Waals surface area contributed by atoms with Gasteiger partial charge in [0.05, 0.1) is 25.8 Å². The molecule has 5 heteroatoms. The van der Waals surface area contributed by atoms with Gasteiger partial charge < -0.3 is 9.47 Å². The maximum absolute atomic E-state index is 6.19. The smallest absolute Gasteiger partial charge is 0.164 e. The summed E-state index contributed by atoms with van der Waals surface area (Å²) in [4.78, 5) is 4.69. The van der Waals surface area contributed by atoms with Crippen LogP contribution in [0, 0.1) is 0 Å². The molecule has 4 nitrogen and oxygen atoms in total. The first-order chi connectivity index (χ1) is 8.06. The van der Waals surface area contributed by atoms with E-state index in [4.69, 9.17) is 31.8 Å². The normalized spacial score (nSPS) is 10.8. The van der Waals surface area contributed by atoms with Crippen LogP contribution in [0.25, 0.3) is 0 Å². The summed E-state index contributed by atoms with van der Waals surface area (Å²) in [5.41, 5.74) is 1.80. The van der Waals surface area contributed by atoms with E-state index in [2.05, 4.69) is 0 Å². The van der Waals surface area contributed by atoms with E-state index in [1.165, 1.54) is 0 Å². The third-order valence-corrected chi connectivity index (χ3v) is 2.91. The van der Waals surface area contributed by atoms with Crippen LogP contribution in [0.5, 0.6) is 11.5 Å². The summed E-state index contributed by atoms with van der Waals surface area (Å²) in [5.74, 6) is 6.65. The summed E-state index contributed by atoms with van der Waals surface area (Å²) < 4.78 is 10.7. The lowest BCUT2D eigenvalue weighted by Gasteiger charge is -2.20. The van der Waals surface area contributed by atoms with Crippen molar-refractivity contribution in [2.75, 3.05) is 14.2 Å². The molecule has 17 heavy (non-hydrogen) atoms. The average molecular weight is 260 g/mol. The number of nitrogens with two attached hydrogens (primary N) is 1. The lowest BCUT2D eigenvalue weighted by atomic mass is 9.95. The number of rotatable bonds is 5. The van der Waals surface area contributed by atoms with Gasteiger partial charge in [-0.2, -0.15) is 0 Å². The first kappa shape index (κ1) is 14.1. The lowest BCUT2D eigenvalue weighted by Crippen LogP contribution is -2.07. The number of hydrogen-bond acceptors (Lipinski definition) is 4. The molecule has 0 heterocycles. The van der Waals surface area contributed by atoms with E-state index in [0.717, 1.165) is 11.1 Å². The molecule has 1 rings (SSSR count). The largest absolute Gasteiger partial charge is 0.493 e. The van der Waals surface area contributed by atoms with Crippen molar-refractivity contribution in [3.63, 3.8) is 0 Å². The minimum atomic E-state index is 0.225. The molecule has 0 fully saturated rings. The highest BCUT2D eigenvalue weighted by Gasteiger charge is 2.20. The number of ether oxygens (including phenoxy) is 2. The molecule has 1 aromatic rings. The standard InChI is InChI=1S/C12H18ClNO3/c1-7(2)11-8(6-17-14)9(13)5-10(15-3)12(11)16-4/h5,7H,6,14H2,1-4H3. The molecule has 0 saturated heterocycles. The van der Waals surface area contributed by atoms with Crippen molar-refractivity contribution < 1.29 is 14.3 Å². The molecule has 0 radical (unpaired) electrons. The minimum absolute atomic E-state index is 0.225. The summed E-state index contributed by atoms with van der Waals surface area (Å²) in [6, 6.07) is 1.71. The fraction of sp³-hybridized carbons (Fsp3) is 0.500. The first-order valence-corrected chi connectivity index (χ1v) is 5.69. The average Bonchev–Trinajstić information content (AvgIpc) is 2.30. The van der Waals surface area contributed by atoms with Gasteiger partial charge in [0.25, 0.3) is 0 Å². The van der Waals surface area contributed by atoms with Crippen molar-refractivity contribution in [1.82, 2.24) is 0 Å². The molecule has 0 saturated carbocycles. The molecule has 2 N–H and O–H groups in total. The van der Waals surface area contributed by atoms with Crippen molar-refractivity contribution in [3.05, 3.63) is 22.2 Å². The van der Waals surface area contributed by atoms with Gasteiger partial charge >= 0.3 is 0 Å². The molecular weight excluding hydrogens is 242 g/mol. The van der Waals surface area contributed by atoms with E-state index in [0.29, 0.717) is 16.5 Å². The Balaban J connectivity index is 3.48. The van der Waals surface area contributed by atoms with Gasteiger partial charge in [-0.1, -0.05) is 25.4 Å². The summed E-state index contributed by atoms with van der Waals surface area (Å²) in [6.45, 7) is 4.34. The van der Waals surface area contributed by atoms with Crippen LogP contribution in [0.4, 0.5) is 0 Å². The molecule has 96 valence electrons. The van der Waals surface area contributed by atoms with Gasteiger partial charge in [0.15, 0.2) is 11.5 Å². The maximum atomic E-state index is 6.19. The molecule has 0 bridgehead atoms. The Kier molecular flexibility index (Phi) is 5.05. The summed E-state index contributed by atoms with van der Waals surface area (Å²) in [6.07, 6.45) is 0. The molecule has 1 aromatic carbocycles. The molecule has 0 spiro atoms. The zero-order chi connectivity index (χ0) is 13.0. The van der Waals surface area contributed by atoms with Crippen LogP contribution in [-0.4, -0.2) is 14.2 Å². The van der Waals surface area contributed by atoms with Crippen LogP contribution in [0.2, 0.25) is 5.02 Å². The van der Waals surface area contributed by atoms with E-state index in [-0.39, 0.29) is 12.5 Å². The second-order valence-electron chi connectivity index (χ2n) is 3.95. The van der Waals surface area contributed by atoms with Crippen LogP contribution < -0.4 is 15.4 Å². The van der Waals surface area contributed by atoms with E-state index in [1.54, 1.807) is 20.3 Å². The van der Waals surface area contributed by atoms with E-state index in [9.17, 15) is 0 Å². The predicted molar refractivity (Wildman–Crippen MR) is 67.6 cm³/mol. The van der Waals surface area contributed by atoms with Gasteiger partial charge in [0.2, 0.25) is 0 Å². The van der Waals surface area contributed by atoms with Crippen LogP contribution in [0.1, 0.15) is 30.9 Å². The van der Waals surface area contributed by atoms with Crippen molar-refractivity contribution >= 4 is 11.6 Å². The Morgan fingerprint density at radius 2 is 1.94 bits per heavy atom. The highest BCUT2D eigenvalue weighted by molar-refractivity contribution is 6.31. The quantitative estimate of drug-likeness (QED) is 0.826. The van der Waals surface area contributed by atoms with Crippen molar-refractivity contribution in [1.29, 1.82) is 0 Å². The number of benzene rings is 1. The topological polar surface area (TPSA) is 53.7 Å². The van der Waals surface area contributed by atoms with Crippen LogP contribution >= 0.6 is 11.6 Å². The third kappa shape index (κ3) is 2.83. The van der Waals surface area contributed by atoms with Gasteiger partial charge in [-0.25, -0.2) is 5.90 Å². The highest BCUT2D eigenvalue weighted by Crippen LogP contribution is 2.42. The Morgan fingerprint density at radius 1 is 1.29 bits per heavy atom. The van der Waals surface area contributed by atoms with Crippen molar-refractivity contribution in [2.24, 2.45) is 5.90 Å². The first-order valence-electron chi connectivity index (χ1n) is 5.31. The summed E-state index contributed by atoms with van der Waals surface area (Å²) in [5, 5.41) is 0.566. The number of halogens is 1. The number of methoxy groups -OCH3 is 2. The molecular formula is C12H18ClNO3. The molecule has 0 atom stereocenters. The molecule has 0 unspecified atom stereocenters. The summed E-state index contributed by atoms with van der Waals surface area (Å²) in [7, 11) is 3.18. The zero-order valence-electron chi connectivity index (χ0n) is 10.5. The Labute approximate surface area is 107 Å². The Hall–Kier alpha value is -0.970. The van der Waals surface area contributed by atoms with Gasteiger partial charge in [-0.05, 0) is 5.92 Å². The maximum Gasteiger partial charge on any atom is 0.164 e. The second-order valence-corrected chi connectivity index (χ2v) is 4.36. The van der Waals surface area contributed by atoms with Crippen molar-refractivity contribution in [2.45, 2.75) is 26.4 Å². The van der Waals surface area contributed by atoms with Crippen LogP contribution in [-0.2, 0) is 11.4 Å². The van der Waals surface area contributed by atoms with Gasteiger partial charge in [0, 0.05) is 17.2 Å². The zero-order valence-corrected chi connectivity index (χ0v) is 11.3. The SMILES string of the molecule is COc1cc(Cl)c(CON)c(C(C)C)c1OC. The van der Waals surface area contributed by atoms with E-state index in [1.807, 2.05) is 13.8 Å². The second kappa shape index (κ2) is 6.10. The summed E-state index contributed by atoms with van der Waals surface area (Å²) >= 11 is 6.19. The molecule has 0 amide bonds. The van der Waals surface area contributed by atoms with Crippen molar-refractivity contribution in [3.8, 4) is 11.5 Å². The lowest BCUT2D eigenvalue weighted by molar-refractivity contribution is 0.123. The predicted octanol–water partition coefficient (Wildman–Crippen LogP) is 2.87. The van der Waals surface area contributed by atoms with E-state index >= 15 is 0 Å². The Bertz CT molecular complexity index is 394. The third-order valence-electron chi connectivity index (χ3n) is 2.57.